The summed E-state index contributed by atoms with van der Waals surface area (Å²) in [6, 6.07) is 6.79. The van der Waals surface area contributed by atoms with Crippen LogP contribution in [-0.2, 0) is 4.79 Å². The van der Waals surface area contributed by atoms with Crippen LogP contribution in [0.3, 0.4) is 0 Å². The lowest BCUT2D eigenvalue weighted by molar-refractivity contribution is -0.137. The molecule has 0 saturated heterocycles. The van der Waals surface area contributed by atoms with Gasteiger partial charge in [-0.15, -0.1) is 10.2 Å². The lowest BCUT2D eigenvalue weighted by Crippen LogP contribution is -2.32. The maximum absolute atomic E-state index is 12.3. The molecule has 0 fully saturated rings. The normalized spacial score (nSPS) is 10.5. The number of amides is 1. The van der Waals surface area contributed by atoms with Gasteiger partial charge in [0.05, 0.1) is 6.42 Å². The molecule has 1 aromatic carbocycles. The van der Waals surface area contributed by atoms with Gasteiger partial charge in [0.25, 0.3) is 5.91 Å². The maximum Gasteiger partial charge on any atom is 0.305 e. The molecule has 0 aliphatic rings. The van der Waals surface area contributed by atoms with E-state index in [2.05, 4.69) is 10.2 Å². The second-order valence-electron chi connectivity index (χ2n) is 4.73. The second kappa shape index (κ2) is 6.84. The van der Waals surface area contributed by atoms with Gasteiger partial charge in [0, 0.05) is 31.1 Å². The molecule has 1 aromatic heterocycles. The highest BCUT2D eigenvalue weighted by atomic mass is 16.4. The van der Waals surface area contributed by atoms with E-state index < -0.39 is 5.97 Å². The number of hydrogen-bond acceptors (Lipinski definition) is 5. The molecule has 0 saturated carbocycles. The molecule has 0 spiro atoms. The van der Waals surface area contributed by atoms with Crippen molar-refractivity contribution >= 4 is 11.9 Å². The zero-order valence-corrected chi connectivity index (χ0v) is 12.4. The van der Waals surface area contributed by atoms with Gasteiger partial charge in [-0.2, -0.15) is 0 Å². The van der Waals surface area contributed by atoms with E-state index in [1.165, 1.54) is 4.90 Å². The van der Waals surface area contributed by atoms with E-state index in [0.717, 1.165) is 5.56 Å². The Morgan fingerprint density at radius 2 is 1.91 bits per heavy atom. The van der Waals surface area contributed by atoms with Gasteiger partial charge in [-0.1, -0.05) is 0 Å². The van der Waals surface area contributed by atoms with Crippen LogP contribution in [0.4, 0.5) is 0 Å². The third-order valence-electron chi connectivity index (χ3n) is 3.17. The van der Waals surface area contributed by atoms with E-state index in [1.54, 1.807) is 31.2 Å². The van der Waals surface area contributed by atoms with Crippen LogP contribution in [0.5, 0.6) is 0 Å². The van der Waals surface area contributed by atoms with Crippen molar-refractivity contribution in [2.75, 3.05) is 13.1 Å². The molecule has 0 bridgehead atoms. The number of benzene rings is 1. The van der Waals surface area contributed by atoms with Crippen LogP contribution in [0.25, 0.3) is 11.5 Å². The summed E-state index contributed by atoms with van der Waals surface area (Å²) in [6.07, 6.45) is -0.0705. The molecule has 22 heavy (non-hydrogen) atoms. The first-order chi connectivity index (χ1) is 10.5. The van der Waals surface area contributed by atoms with E-state index in [0.29, 0.717) is 23.9 Å². The van der Waals surface area contributed by atoms with Crippen molar-refractivity contribution in [3.05, 3.63) is 35.7 Å². The van der Waals surface area contributed by atoms with Gasteiger partial charge < -0.3 is 14.4 Å². The van der Waals surface area contributed by atoms with Crippen LogP contribution in [-0.4, -0.2) is 45.2 Å². The van der Waals surface area contributed by atoms with Crippen molar-refractivity contribution in [3.8, 4) is 11.5 Å². The van der Waals surface area contributed by atoms with Crippen LogP contribution < -0.4 is 0 Å². The van der Waals surface area contributed by atoms with E-state index in [9.17, 15) is 9.59 Å². The molecule has 1 amide bonds. The summed E-state index contributed by atoms with van der Waals surface area (Å²) in [5.74, 6) is -0.249. The van der Waals surface area contributed by atoms with Crippen LogP contribution in [0.2, 0.25) is 0 Å². The minimum absolute atomic E-state index is 0.0705. The van der Waals surface area contributed by atoms with Crippen molar-refractivity contribution in [2.24, 2.45) is 0 Å². The molecule has 116 valence electrons. The number of carboxylic acids is 1. The number of hydrogen-bond donors (Lipinski definition) is 1. The highest BCUT2D eigenvalue weighted by Crippen LogP contribution is 2.18. The Balaban J connectivity index is 2.11. The summed E-state index contributed by atoms with van der Waals surface area (Å²) in [5.41, 5.74) is 1.22. The Morgan fingerprint density at radius 3 is 2.41 bits per heavy atom. The molecule has 2 rings (SSSR count). The number of aryl methyl sites for hydroxylation is 1. The zero-order chi connectivity index (χ0) is 16.1. The Bertz CT molecular complexity index is 664. The number of aliphatic carboxylic acids is 1. The van der Waals surface area contributed by atoms with Gasteiger partial charge in [-0.25, -0.2) is 0 Å². The average Bonchev–Trinajstić information content (AvgIpc) is 2.94. The van der Waals surface area contributed by atoms with Crippen LogP contribution in [0.15, 0.2) is 28.7 Å². The van der Waals surface area contributed by atoms with Crippen molar-refractivity contribution < 1.29 is 19.1 Å². The molecule has 0 aliphatic heterocycles. The smallest absolute Gasteiger partial charge is 0.305 e. The summed E-state index contributed by atoms with van der Waals surface area (Å²) >= 11 is 0. The lowest BCUT2D eigenvalue weighted by Gasteiger charge is -2.20. The van der Waals surface area contributed by atoms with Gasteiger partial charge in [0.1, 0.15) is 0 Å². The number of carbonyl (C=O) groups excluding carboxylic acids is 1. The van der Waals surface area contributed by atoms with E-state index >= 15 is 0 Å². The summed E-state index contributed by atoms with van der Waals surface area (Å²) < 4.78 is 5.32. The summed E-state index contributed by atoms with van der Waals surface area (Å²) in [5, 5.41) is 16.4. The Kier molecular flexibility index (Phi) is 4.88. The van der Waals surface area contributed by atoms with Gasteiger partial charge in [0.15, 0.2) is 0 Å². The summed E-state index contributed by atoms with van der Waals surface area (Å²) in [7, 11) is 0. The first-order valence-electron chi connectivity index (χ1n) is 6.93. The van der Waals surface area contributed by atoms with E-state index in [4.69, 9.17) is 9.52 Å². The predicted molar refractivity (Wildman–Crippen MR) is 78.3 cm³/mol. The van der Waals surface area contributed by atoms with Gasteiger partial charge in [-0.3, -0.25) is 9.59 Å². The highest BCUT2D eigenvalue weighted by Gasteiger charge is 2.15. The van der Waals surface area contributed by atoms with Crippen molar-refractivity contribution in [3.63, 3.8) is 0 Å². The minimum Gasteiger partial charge on any atom is -0.481 e. The third kappa shape index (κ3) is 3.69. The molecule has 1 heterocycles. The Hall–Kier alpha value is -2.70. The first-order valence-corrected chi connectivity index (χ1v) is 6.93. The van der Waals surface area contributed by atoms with Crippen LogP contribution >= 0.6 is 0 Å². The SMILES string of the molecule is CCN(CCC(=O)O)C(=O)c1ccc(-c2nnc(C)o2)cc1. The van der Waals surface area contributed by atoms with Crippen molar-refractivity contribution in [1.82, 2.24) is 15.1 Å². The van der Waals surface area contributed by atoms with Crippen LogP contribution in [0, 0.1) is 6.92 Å². The van der Waals surface area contributed by atoms with E-state index in [-0.39, 0.29) is 18.9 Å². The monoisotopic (exact) mass is 303 g/mol. The molecular formula is C15H17N3O4. The summed E-state index contributed by atoms with van der Waals surface area (Å²) in [6.45, 7) is 4.16. The fourth-order valence-electron chi connectivity index (χ4n) is 1.99. The third-order valence-corrected chi connectivity index (χ3v) is 3.17. The average molecular weight is 303 g/mol. The predicted octanol–water partition coefficient (Wildman–Crippen LogP) is 1.98. The number of rotatable bonds is 6. The molecular weight excluding hydrogens is 286 g/mol. The molecule has 7 nitrogen and oxygen atoms in total. The molecule has 1 N–H and O–H groups in total. The molecule has 7 heteroatoms. The Labute approximate surface area is 127 Å². The fraction of sp³-hybridized carbons (Fsp3) is 0.333. The highest BCUT2D eigenvalue weighted by molar-refractivity contribution is 5.94. The Morgan fingerprint density at radius 1 is 1.23 bits per heavy atom. The second-order valence-corrected chi connectivity index (χ2v) is 4.73. The number of carboxylic acid groups (broad SMARTS) is 1. The standard InChI is InChI=1S/C15H17N3O4/c1-3-18(9-8-13(19)20)15(21)12-6-4-11(5-7-12)14-17-16-10(2)22-14/h4-7H,3,8-9H2,1-2H3,(H,19,20). The largest absolute Gasteiger partial charge is 0.481 e. The van der Waals surface area contributed by atoms with Crippen LogP contribution in [0.1, 0.15) is 29.6 Å². The number of aromatic nitrogens is 2. The molecule has 0 radical (unpaired) electrons. The first kappa shape index (κ1) is 15.7. The van der Waals surface area contributed by atoms with Crippen molar-refractivity contribution in [2.45, 2.75) is 20.3 Å². The maximum atomic E-state index is 12.3. The van der Waals surface area contributed by atoms with Crippen molar-refractivity contribution in [1.29, 1.82) is 0 Å². The lowest BCUT2D eigenvalue weighted by atomic mass is 10.1. The van der Waals surface area contributed by atoms with Gasteiger partial charge >= 0.3 is 5.97 Å². The van der Waals surface area contributed by atoms with Gasteiger partial charge in [-0.05, 0) is 31.2 Å². The number of carbonyl (C=O) groups is 2. The zero-order valence-electron chi connectivity index (χ0n) is 12.4. The summed E-state index contributed by atoms with van der Waals surface area (Å²) in [4.78, 5) is 24.4. The molecule has 0 unspecified atom stereocenters. The molecule has 0 atom stereocenters. The van der Waals surface area contributed by atoms with E-state index in [1.807, 2.05) is 6.92 Å². The quantitative estimate of drug-likeness (QED) is 0.876. The molecule has 0 aliphatic carbocycles. The number of nitrogens with zero attached hydrogens (tertiary/aromatic N) is 3. The minimum atomic E-state index is -0.923. The topological polar surface area (TPSA) is 96.5 Å². The fourth-order valence-corrected chi connectivity index (χ4v) is 1.99. The molecule has 2 aromatic rings. The van der Waals surface area contributed by atoms with Gasteiger partial charge in [0.2, 0.25) is 11.8 Å².